The summed E-state index contributed by atoms with van der Waals surface area (Å²) in [5.74, 6) is 0.795. The van der Waals surface area contributed by atoms with Crippen LogP contribution in [0.15, 0.2) is 78.9 Å². The highest BCUT2D eigenvalue weighted by Gasteiger charge is 2.15. The molecule has 2 nitrogen and oxygen atoms in total. The Morgan fingerprint density at radius 3 is 1.96 bits per heavy atom. The van der Waals surface area contributed by atoms with E-state index in [2.05, 4.69) is 40.8 Å². The van der Waals surface area contributed by atoms with Gasteiger partial charge in [0.2, 0.25) is 0 Å². The van der Waals surface area contributed by atoms with Crippen LogP contribution in [-0.4, -0.2) is 16.8 Å². The molecule has 0 heterocycles. The third kappa shape index (κ3) is 3.52. The van der Waals surface area contributed by atoms with Crippen molar-refractivity contribution in [3.8, 4) is 28.0 Å². The molecule has 0 aromatic heterocycles. The fraction of sp³-hybridized carbons (Fsp3) is 0.100. The maximum Gasteiger partial charge on any atom is 0.251 e. The van der Waals surface area contributed by atoms with Crippen LogP contribution in [0.3, 0.4) is 0 Å². The predicted octanol–water partition coefficient (Wildman–Crippen LogP) is 4.85. The van der Waals surface area contributed by atoms with E-state index < -0.39 is 0 Å². The van der Waals surface area contributed by atoms with Crippen molar-refractivity contribution in [2.45, 2.75) is 13.2 Å². The molecule has 0 fully saturated rings. The Hall–Kier alpha value is -2.36. The van der Waals surface area contributed by atoms with Crippen molar-refractivity contribution >= 4 is 10.5 Å². The molecule has 3 aromatic rings. The van der Waals surface area contributed by atoms with E-state index in [1.54, 1.807) is 0 Å². The van der Waals surface area contributed by atoms with Gasteiger partial charge in [-0.05, 0) is 29.7 Å². The predicted molar refractivity (Wildman–Crippen MR) is 94.2 cm³/mol. The molecule has 0 amide bonds. The van der Waals surface area contributed by atoms with E-state index >= 15 is 0 Å². The van der Waals surface area contributed by atoms with Gasteiger partial charge < -0.3 is 9.16 Å². The molecule has 113 valence electrons. The van der Waals surface area contributed by atoms with Crippen molar-refractivity contribution in [2.75, 3.05) is 0 Å². The minimum Gasteiger partial charge on any atom is -0.466 e. The van der Waals surface area contributed by atoms with Gasteiger partial charge in [0.25, 0.3) is 10.5 Å². The smallest absolute Gasteiger partial charge is 0.251 e. The van der Waals surface area contributed by atoms with Crippen molar-refractivity contribution in [3.05, 3.63) is 78.9 Å². The molecular formula is C20H17O2Si. The summed E-state index contributed by atoms with van der Waals surface area (Å²) in [6, 6.07) is 26.7. The van der Waals surface area contributed by atoms with Crippen LogP contribution >= 0.6 is 0 Å². The maximum atomic E-state index is 5.94. The van der Waals surface area contributed by atoms with Gasteiger partial charge in [0.1, 0.15) is 5.75 Å². The van der Waals surface area contributed by atoms with Crippen LogP contribution in [0.1, 0.15) is 6.92 Å². The lowest BCUT2D eigenvalue weighted by Crippen LogP contribution is -2.15. The Balaban J connectivity index is 2.18. The summed E-state index contributed by atoms with van der Waals surface area (Å²) in [6.07, 6.45) is -0.389. The van der Waals surface area contributed by atoms with Gasteiger partial charge in [0, 0.05) is 5.56 Å². The molecule has 0 N–H and O–H groups in total. The molecule has 1 unspecified atom stereocenters. The van der Waals surface area contributed by atoms with E-state index in [1.807, 2.05) is 55.5 Å². The van der Waals surface area contributed by atoms with Crippen LogP contribution < -0.4 is 4.74 Å². The second kappa shape index (κ2) is 7.27. The Kier molecular flexibility index (Phi) is 4.91. The van der Waals surface area contributed by atoms with Gasteiger partial charge in [0.15, 0.2) is 6.29 Å². The molecule has 0 saturated heterocycles. The molecule has 23 heavy (non-hydrogen) atoms. The summed E-state index contributed by atoms with van der Waals surface area (Å²) in [5, 5.41) is 0. The average molecular weight is 317 g/mol. The fourth-order valence-corrected chi connectivity index (χ4v) is 2.64. The zero-order valence-electron chi connectivity index (χ0n) is 12.9. The van der Waals surface area contributed by atoms with Gasteiger partial charge >= 0.3 is 0 Å². The van der Waals surface area contributed by atoms with Gasteiger partial charge in [-0.25, -0.2) is 0 Å². The van der Waals surface area contributed by atoms with E-state index in [-0.39, 0.29) is 6.29 Å². The SMILES string of the molecule is CC(O[Si])Oc1cccc(-c2ccccc2)c1-c1ccccc1. The van der Waals surface area contributed by atoms with Gasteiger partial charge in [-0.15, -0.1) is 0 Å². The van der Waals surface area contributed by atoms with Gasteiger partial charge in [-0.2, -0.15) is 0 Å². The van der Waals surface area contributed by atoms with Crippen LogP contribution in [0.25, 0.3) is 22.3 Å². The quantitative estimate of drug-likeness (QED) is 0.495. The topological polar surface area (TPSA) is 18.5 Å². The van der Waals surface area contributed by atoms with Gasteiger partial charge in [-0.1, -0.05) is 72.8 Å². The van der Waals surface area contributed by atoms with E-state index in [0.29, 0.717) is 0 Å². The first-order valence-electron chi connectivity index (χ1n) is 7.52. The Labute approximate surface area is 140 Å². The number of hydrogen-bond donors (Lipinski definition) is 0. The largest absolute Gasteiger partial charge is 0.466 e. The van der Waals surface area contributed by atoms with Crippen molar-refractivity contribution < 1.29 is 9.16 Å². The molecule has 1 atom stereocenters. The van der Waals surface area contributed by atoms with Gasteiger partial charge in [0.05, 0.1) is 0 Å². The van der Waals surface area contributed by atoms with Gasteiger partial charge in [-0.3, -0.25) is 0 Å². The van der Waals surface area contributed by atoms with Crippen LogP contribution in [0.5, 0.6) is 5.75 Å². The first-order chi connectivity index (χ1) is 11.3. The van der Waals surface area contributed by atoms with Crippen molar-refractivity contribution in [3.63, 3.8) is 0 Å². The summed E-state index contributed by atoms with van der Waals surface area (Å²) in [4.78, 5) is 0. The van der Waals surface area contributed by atoms with Crippen LogP contribution in [0.4, 0.5) is 0 Å². The Morgan fingerprint density at radius 2 is 1.35 bits per heavy atom. The first kappa shape index (κ1) is 15.5. The zero-order chi connectivity index (χ0) is 16.1. The highest BCUT2D eigenvalue weighted by atomic mass is 28.2. The van der Waals surface area contributed by atoms with E-state index in [0.717, 1.165) is 28.0 Å². The molecule has 0 saturated carbocycles. The maximum absolute atomic E-state index is 5.94. The van der Waals surface area contributed by atoms with Crippen molar-refractivity contribution in [1.29, 1.82) is 0 Å². The first-order valence-corrected chi connectivity index (χ1v) is 7.93. The van der Waals surface area contributed by atoms with E-state index in [9.17, 15) is 0 Å². The minimum absolute atomic E-state index is 0.389. The van der Waals surface area contributed by atoms with Crippen molar-refractivity contribution in [2.24, 2.45) is 0 Å². The summed E-state index contributed by atoms with van der Waals surface area (Å²) < 4.78 is 11.0. The summed E-state index contributed by atoms with van der Waals surface area (Å²) in [5.41, 5.74) is 4.47. The third-order valence-electron chi connectivity index (χ3n) is 3.63. The highest BCUT2D eigenvalue weighted by molar-refractivity contribution is 5.98. The van der Waals surface area contributed by atoms with Crippen molar-refractivity contribution in [1.82, 2.24) is 0 Å². The molecule has 0 aliphatic carbocycles. The number of benzene rings is 3. The highest BCUT2D eigenvalue weighted by Crippen LogP contribution is 2.39. The summed E-state index contributed by atoms with van der Waals surface area (Å²) in [6.45, 7) is 1.84. The van der Waals surface area contributed by atoms with E-state index in [1.165, 1.54) is 0 Å². The monoisotopic (exact) mass is 317 g/mol. The van der Waals surface area contributed by atoms with E-state index in [4.69, 9.17) is 9.16 Å². The lowest BCUT2D eigenvalue weighted by Gasteiger charge is -2.19. The summed E-state index contributed by atoms with van der Waals surface area (Å²) in [7, 11) is 3.04. The standard InChI is InChI=1S/C20H17O2Si/c1-15(22-23)21-19-14-8-13-18(16-9-4-2-5-10-16)20(19)17-11-6-3-7-12-17/h2-15H,1H3. The Bertz CT molecular complexity index is 757. The molecule has 3 aromatic carbocycles. The third-order valence-corrected chi connectivity index (χ3v) is 3.96. The number of rotatable bonds is 5. The summed E-state index contributed by atoms with van der Waals surface area (Å²) >= 11 is 0. The molecule has 0 bridgehead atoms. The Morgan fingerprint density at radius 1 is 0.739 bits per heavy atom. The molecule has 0 aliphatic rings. The zero-order valence-corrected chi connectivity index (χ0v) is 13.9. The lowest BCUT2D eigenvalue weighted by molar-refractivity contribution is 0.0302. The number of hydrogen-bond acceptors (Lipinski definition) is 2. The fourth-order valence-electron chi connectivity index (χ4n) is 2.59. The normalized spacial score (nSPS) is 11.9. The molecular weight excluding hydrogens is 300 g/mol. The van der Waals surface area contributed by atoms with Crippen LogP contribution in [-0.2, 0) is 4.43 Å². The molecule has 0 aliphatic heterocycles. The molecule has 0 spiro atoms. The average Bonchev–Trinajstić information content (AvgIpc) is 2.63. The van der Waals surface area contributed by atoms with Crippen LogP contribution in [0.2, 0.25) is 0 Å². The second-order valence-corrected chi connectivity index (χ2v) is 5.45. The molecule has 3 radical (unpaired) electrons. The molecule has 3 rings (SSSR count). The second-order valence-electron chi connectivity index (χ2n) is 5.21. The number of ether oxygens (including phenoxy) is 1. The lowest BCUT2D eigenvalue weighted by atomic mass is 9.94. The minimum atomic E-state index is -0.389. The molecule has 3 heteroatoms. The van der Waals surface area contributed by atoms with Crippen LogP contribution in [0, 0.1) is 0 Å².